The molecule has 0 amide bonds. The maximum atomic E-state index is 5.98. The first-order valence-corrected chi connectivity index (χ1v) is 58.4. The van der Waals surface area contributed by atoms with Crippen molar-refractivity contribution in [2.45, 2.75) is 518 Å². The fourth-order valence-electron chi connectivity index (χ4n) is 22.8. The molecule has 8 nitrogen and oxygen atoms in total. The van der Waals surface area contributed by atoms with Crippen LogP contribution in [0.3, 0.4) is 0 Å². The molecule has 0 aliphatic carbocycles. The second-order valence-corrected chi connectivity index (χ2v) is 42.9. The zero-order valence-electron chi connectivity index (χ0n) is 87.8. The predicted molar refractivity (Wildman–Crippen MR) is 597 cm³/mol. The van der Waals surface area contributed by atoms with Crippen LogP contribution in [0.2, 0.25) is 0 Å². The third-order valence-corrected chi connectivity index (χ3v) is 31.3. The lowest BCUT2D eigenvalue weighted by Gasteiger charge is -2.14. The average molecular weight is 1840 g/mol. The van der Waals surface area contributed by atoms with Crippen molar-refractivity contribution in [2.75, 3.05) is 0 Å². The molecule has 738 valence electrons. The average Bonchev–Trinajstić information content (AvgIpc) is 1.58. The molecule has 3 aromatic heterocycles. The van der Waals surface area contributed by atoms with Gasteiger partial charge in [-0.2, -0.15) is 0 Å². The Morgan fingerprint density at radius 2 is 0.265 bits per heavy atom. The van der Waals surface area contributed by atoms with Crippen LogP contribution >= 0.6 is 0 Å². The number of hydrogen-bond donors (Lipinski definition) is 2. The molecule has 0 saturated heterocycles. The molecule has 8 heteroatoms. The van der Waals surface area contributed by atoms with Crippen LogP contribution in [0, 0.1) is 0 Å². The van der Waals surface area contributed by atoms with Crippen LogP contribution in [-0.2, 0) is 51.4 Å². The minimum atomic E-state index is 0.678. The third kappa shape index (κ3) is 32.1. The summed E-state index contributed by atoms with van der Waals surface area (Å²) in [7, 11) is 0. The summed E-state index contributed by atoms with van der Waals surface area (Å²) in [5, 5.41) is 14.3. The second kappa shape index (κ2) is 59.7. The number of benzene rings is 8. The van der Waals surface area contributed by atoms with E-state index in [2.05, 4.69) is 162 Å². The van der Waals surface area contributed by atoms with Gasteiger partial charge in [-0.1, -0.05) is 463 Å². The van der Waals surface area contributed by atoms with Gasteiger partial charge < -0.3 is 9.97 Å². The molecule has 5 heterocycles. The first-order valence-electron chi connectivity index (χ1n) is 58.4. The van der Waals surface area contributed by atoms with E-state index in [0.717, 1.165) is 118 Å². The van der Waals surface area contributed by atoms with Crippen LogP contribution in [0.4, 0.5) is 0 Å². The lowest BCUT2D eigenvalue weighted by Crippen LogP contribution is -1.97. The Hall–Kier alpha value is -7.84. The Morgan fingerprint density at radius 3 is 0.404 bits per heavy atom. The smallest absolute Gasteiger partial charge is 0.164 e. The number of rotatable bonds is 72. The molecule has 0 saturated carbocycles. The molecular formula is C128H186N8. The van der Waals surface area contributed by atoms with Crippen molar-refractivity contribution < 1.29 is 0 Å². The van der Waals surface area contributed by atoms with Gasteiger partial charge in [0, 0.05) is 43.8 Å². The number of aromatic nitrogens is 8. The highest BCUT2D eigenvalue weighted by Crippen LogP contribution is 2.44. The van der Waals surface area contributed by atoms with Crippen LogP contribution in [0.1, 0.15) is 511 Å². The van der Waals surface area contributed by atoms with Gasteiger partial charge in [-0.15, -0.1) is 0 Å². The predicted octanol–water partition coefficient (Wildman–Crippen LogP) is 40.9. The molecule has 11 aromatic rings. The van der Waals surface area contributed by atoms with Gasteiger partial charge in [-0.25, -0.2) is 29.9 Å². The van der Waals surface area contributed by atoms with Crippen LogP contribution in [0.25, 0.3) is 133 Å². The molecule has 0 atom stereocenters. The van der Waals surface area contributed by atoms with Crippen molar-refractivity contribution in [1.82, 2.24) is 39.9 Å². The molecule has 13 rings (SSSR count). The molecule has 2 N–H and O–H groups in total. The van der Waals surface area contributed by atoms with E-state index in [0.29, 0.717) is 23.3 Å². The van der Waals surface area contributed by atoms with E-state index in [-0.39, 0.29) is 0 Å². The van der Waals surface area contributed by atoms with Gasteiger partial charge in [0.15, 0.2) is 23.3 Å². The van der Waals surface area contributed by atoms with E-state index in [9.17, 15) is 0 Å². The summed E-state index contributed by atoms with van der Waals surface area (Å²) < 4.78 is 0. The number of nitrogens with zero attached hydrogens (tertiary/aromatic N) is 6. The molecule has 2 aliphatic heterocycles. The Balaban J connectivity index is 1.02. The summed E-state index contributed by atoms with van der Waals surface area (Å²) in [6.45, 7) is 18.7. The molecule has 0 spiro atoms. The minimum absolute atomic E-state index is 0.678. The molecular weight excluding hydrogens is 1650 g/mol. The first-order chi connectivity index (χ1) is 67.2. The summed E-state index contributed by atoms with van der Waals surface area (Å²) in [6, 6.07) is 40.4. The van der Waals surface area contributed by atoms with Gasteiger partial charge in [0.25, 0.3) is 0 Å². The maximum Gasteiger partial charge on any atom is 0.164 e. The van der Waals surface area contributed by atoms with Gasteiger partial charge >= 0.3 is 0 Å². The van der Waals surface area contributed by atoms with E-state index in [4.69, 9.17) is 29.9 Å². The third-order valence-electron chi connectivity index (χ3n) is 31.3. The molecule has 136 heavy (non-hydrogen) atoms. The van der Waals surface area contributed by atoms with Crippen LogP contribution in [0.5, 0.6) is 0 Å². The molecule has 8 bridgehead atoms. The van der Waals surface area contributed by atoms with Crippen LogP contribution < -0.4 is 0 Å². The Bertz CT molecular complexity index is 4910. The summed E-state index contributed by atoms with van der Waals surface area (Å²) in [6.07, 6.45) is 93.3. The molecule has 2 aliphatic rings. The summed E-state index contributed by atoms with van der Waals surface area (Å²) in [5.74, 6) is 2.71. The van der Waals surface area contributed by atoms with E-state index in [1.165, 1.54) is 499 Å². The topological polar surface area (TPSA) is 109 Å². The van der Waals surface area contributed by atoms with Crippen LogP contribution in [-0.4, -0.2) is 39.9 Å². The van der Waals surface area contributed by atoms with E-state index >= 15 is 0 Å². The van der Waals surface area contributed by atoms with Crippen molar-refractivity contribution in [3.63, 3.8) is 0 Å². The van der Waals surface area contributed by atoms with Gasteiger partial charge in [-0.3, -0.25) is 0 Å². The van der Waals surface area contributed by atoms with Gasteiger partial charge in [-0.05, 0) is 239 Å². The quantitative estimate of drug-likeness (QED) is 0.0368. The highest BCUT2D eigenvalue weighted by Gasteiger charge is 2.27. The van der Waals surface area contributed by atoms with E-state index in [1.807, 2.05) is 0 Å². The SMILES string of the molecule is CCCCCCCCCCc1cc2cc3c(cc2cc1CCCCCCCCCC)-c1nc-3nc2[nH]c(nc3nc(nc4[nH]c(n1)c1cc5cc(CCCCCCCCCC)c(CCCCCCCCCC)cc5cc41)-c1cc4cc(CCCCCCCCCC)c(CCCCCCCCCC)cc4cc1-3)c1cc3cc(CCCCCCCCCC)c(CCCCCCCCCC)cc3cc21. The Kier molecular flexibility index (Phi) is 46.3. The minimum Gasteiger partial charge on any atom is -0.324 e. The number of fused-ring (bicyclic) bond motifs is 24. The number of hydrogen-bond acceptors (Lipinski definition) is 6. The normalized spacial score (nSPS) is 12.2. The number of aromatic amines is 2. The fraction of sp³-hybridized carbons (Fsp3) is 0.625. The standard InChI is InChI=1S/C128H186N8/c1-9-17-25-33-41-49-57-65-73-97-81-105-89-113-114(90-106(105)82-98(97)74-66-58-50-42-34-26-18-10-2)122-129-121(113)133-123-115-91-107-83-99(75-67-59-51-43-35-27-19-11-3)100(76-68-60-52-44-36-28-20-12-4)84-108(107)92-116(115)125(130-123)135-127-119-95-111-87-103(79-71-63-55-47-39-31-23-15-7)104(80-72-64-56-48-40-32-24-16-8)88-112(111)96-120(119)128(132-127)136-126-118-94-110-86-102(78-70-62-54-46-38-30-22-14-6)101(77-69-61-53-45-37-29-21-13-5)85-109(110)93-117(118)124(131-126)134-122/h81-96H,9-80H2,1-8H3,(H2,129,130,131,132,133,134,135,136). The van der Waals surface area contributed by atoms with Crippen molar-refractivity contribution in [1.29, 1.82) is 0 Å². The van der Waals surface area contributed by atoms with Crippen molar-refractivity contribution in [2.24, 2.45) is 0 Å². The first kappa shape index (κ1) is 105. The molecule has 0 fully saturated rings. The summed E-state index contributed by atoms with van der Waals surface area (Å²) in [4.78, 5) is 43.7. The van der Waals surface area contributed by atoms with Crippen molar-refractivity contribution in [3.05, 3.63) is 142 Å². The molecule has 0 radical (unpaired) electrons. The lowest BCUT2D eigenvalue weighted by atomic mass is 9.91. The van der Waals surface area contributed by atoms with Gasteiger partial charge in [0.1, 0.15) is 22.6 Å². The number of unbranched alkanes of at least 4 members (excludes halogenated alkanes) is 56. The second-order valence-electron chi connectivity index (χ2n) is 42.9. The van der Waals surface area contributed by atoms with Gasteiger partial charge in [0.05, 0.1) is 0 Å². The summed E-state index contributed by atoms with van der Waals surface area (Å²) in [5.41, 5.74) is 19.3. The van der Waals surface area contributed by atoms with Crippen molar-refractivity contribution in [3.8, 4) is 45.6 Å². The largest absolute Gasteiger partial charge is 0.324 e. The van der Waals surface area contributed by atoms with Crippen molar-refractivity contribution >= 4 is 87.2 Å². The van der Waals surface area contributed by atoms with Crippen LogP contribution in [0.15, 0.2) is 97.1 Å². The van der Waals surface area contributed by atoms with Gasteiger partial charge in [0.2, 0.25) is 0 Å². The number of aryl methyl sites for hydroxylation is 8. The highest BCUT2D eigenvalue weighted by atomic mass is 15.1. The Morgan fingerprint density at radius 1 is 0.140 bits per heavy atom. The zero-order valence-corrected chi connectivity index (χ0v) is 87.8. The van der Waals surface area contributed by atoms with E-state index in [1.54, 1.807) is 0 Å². The monoisotopic (exact) mass is 1840 g/mol. The summed E-state index contributed by atoms with van der Waals surface area (Å²) >= 11 is 0. The molecule has 8 aromatic carbocycles. The lowest BCUT2D eigenvalue weighted by molar-refractivity contribution is 0.571. The molecule has 0 unspecified atom stereocenters. The maximum absolute atomic E-state index is 5.98. The Labute approximate surface area is 826 Å². The zero-order chi connectivity index (χ0) is 94.4. The fourth-order valence-corrected chi connectivity index (χ4v) is 22.8. The number of H-pyrrole nitrogens is 2. The number of nitrogens with one attached hydrogen (secondary N) is 2. The highest BCUT2D eigenvalue weighted by molar-refractivity contribution is 6.13. The van der Waals surface area contributed by atoms with E-state index < -0.39 is 0 Å².